The maximum atomic E-state index is 12.2. The number of aliphatic hydroxyl groups is 1. The van der Waals surface area contributed by atoms with E-state index in [4.69, 9.17) is 19.2 Å². The van der Waals surface area contributed by atoms with Crippen LogP contribution in [0.15, 0.2) is 24.3 Å². The minimum Gasteiger partial charge on any atom is -0.458 e. The minimum absolute atomic E-state index is 0.229. The average molecular weight is 364 g/mol. The van der Waals surface area contributed by atoms with Crippen molar-refractivity contribution < 1.29 is 29.1 Å². The molecular formula is C20H28O6. The normalized spacial score (nSPS) is 50.3. The van der Waals surface area contributed by atoms with Crippen molar-refractivity contribution in [2.45, 2.75) is 69.5 Å². The third-order valence-electron chi connectivity index (χ3n) is 6.94. The first-order valence-electron chi connectivity index (χ1n) is 9.47. The predicted octanol–water partition coefficient (Wildman–Crippen LogP) is 2.32. The van der Waals surface area contributed by atoms with E-state index < -0.39 is 29.0 Å². The monoisotopic (exact) mass is 364 g/mol. The number of fused-ring (bicyclic) bond motifs is 1. The van der Waals surface area contributed by atoms with E-state index >= 15 is 0 Å². The highest BCUT2D eigenvalue weighted by molar-refractivity contribution is 5.91. The molecule has 1 saturated carbocycles. The average Bonchev–Trinajstić information content (AvgIpc) is 3.15. The molecule has 0 aromatic rings. The Balaban J connectivity index is 1.76. The number of esters is 1. The molecule has 4 aliphatic rings. The topological polar surface area (TPSA) is 74.2 Å². The highest BCUT2D eigenvalue weighted by Gasteiger charge is 2.75. The molecule has 2 bridgehead atoms. The summed E-state index contributed by atoms with van der Waals surface area (Å²) < 4.78 is 11.9. The molecule has 2 aliphatic heterocycles. The Labute approximate surface area is 154 Å². The Kier molecular flexibility index (Phi) is 3.94. The molecule has 8 unspecified atom stereocenters. The summed E-state index contributed by atoms with van der Waals surface area (Å²) in [7, 11) is 0. The number of carbonyl (C=O) groups excluding carboxylic acids is 1. The SMILES string of the molecule is C=C1C(=O)OC2C1CC(OCC(C)CC)C(C)(O)C13C=CC(C)(OO1)C23. The van der Waals surface area contributed by atoms with Crippen LogP contribution in [-0.4, -0.2) is 46.7 Å². The summed E-state index contributed by atoms with van der Waals surface area (Å²) in [6, 6.07) is 0. The Morgan fingerprint density at radius 2 is 2.12 bits per heavy atom. The lowest BCUT2D eigenvalue weighted by Gasteiger charge is -2.43. The van der Waals surface area contributed by atoms with Gasteiger partial charge in [-0.25, -0.2) is 14.6 Å². The molecular weight excluding hydrogens is 336 g/mol. The van der Waals surface area contributed by atoms with Gasteiger partial charge >= 0.3 is 5.97 Å². The molecule has 3 fully saturated rings. The molecule has 2 heterocycles. The second-order valence-electron chi connectivity index (χ2n) is 8.67. The predicted molar refractivity (Wildman–Crippen MR) is 92.9 cm³/mol. The maximum absolute atomic E-state index is 12.2. The summed E-state index contributed by atoms with van der Waals surface area (Å²) in [5.74, 6) is -0.595. The second kappa shape index (κ2) is 5.64. The van der Waals surface area contributed by atoms with Crippen LogP contribution in [0.1, 0.15) is 40.5 Å². The van der Waals surface area contributed by atoms with Crippen LogP contribution in [-0.2, 0) is 24.0 Å². The van der Waals surface area contributed by atoms with Crippen LogP contribution in [0.2, 0.25) is 0 Å². The molecule has 6 heteroatoms. The summed E-state index contributed by atoms with van der Waals surface area (Å²) in [5, 5.41) is 11.6. The molecule has 2 aliphatic carbocycles. The zero-order chi connectivity index (χ0) is 18.9. The third kappa shape index (κ3) is 2.16. The van der Waals surface area contributed by atoms with Crippen LogP contribution in [0.4, 0.5) is 0 Å². The summed E-state index contributed by atoms with van der Waals surface area (Å²) in [6.45, 7) is 12.3. The number of ether oxygens (including phenoxy) is 2. The van der Waals surface area contributed by atoms with Gasteiger partial charge in [0.05, 0.1) is 12.0 Å². The first-order chi connectivity index (χ1) is 12.2. The van der Waals surface area contributed by atoms with Crippen molar-refractivity contribution in [2.75, 3.05) is 6.61 Å². The largest absolute Gasteiger partial charge is 0.458 e. The van der Waals surface area contributed by atoms with Crippen LogP contribution < -0.4 is 0 Å². The molecule has 26 heavy (non-hydrogen) atoms. The molecule has 0 radical (unpaired) electrons. The summed E-state index contributed by atoms with van der Waals surface area (Å²) in [5.41, 5.74) is -2.78. The molecule has 6 nitrogen and oxygen atoms in total. The van der Waals surface area contributed by atoms with Crippen LogP contribution in [0.3, 0.4) is 0 Å². The van der Waals surface area contributed by atoms with Crippen molar-refractivity contribution in [3.05, 3.63) is 24.3 Å². The number of hydrogen-bond donors (Lipinski definition) is 1. The molecule has 0 spiro atoms. The van der Waals surface area contributed by atoms with Gasteiger partial charge in [-0.1, -0.05) is 32.9 Å². The Bertz CT molecular complexity index is 669. The summed E-state index contributed by atoms with van der Waals surface area (Å²) >= 11 is 0. The van der Waals surface area contributed by atoms with Gasteiger partial charge in [-0.15, -0.1) is 0 Å². The molecule has 144 valence electrons. The molecule has 4 rings (SSSR count). The van der Waals surface area contributed by atoms with E-state index in [9.17, 15) is 9.90 Å². The van der Waals surface area contributed by atoms with Crippen LogP contribution >= 0.6 is 0 Å². The fourth-order valence-corrected chi connectivity index (χ4v) is 4.93. The second-order valence-corrected chi connectivity index (χ2v) is 8.67. The quantitative estimate of drug-likeness (QED) is 0.357. The fourth-order valence-electron chi connectivity index (χ4n) is 4.93. The van der Waals surface area contributed by atoms with Gasteiger partial charge in [0, 0.05) is 18.1 Å². The number of hydrogen-bond acceptors (Lipinski definition) is 6. The standard InChI is InChI=1S/C20H28O6/c1-6-11(2)10-23-14-9-13-12(3)17(21)24-15(13)16-18(4)7-8-20(16,26-25-18)19(14,5)22/h7-8,11,13-16,22H,3,6,9-10H2,1-2,4-5H3. The highest BCUT2D eigenvalue weighted by atomic mass is 17.2. The van der Waals surface area contributed by atoms with E-state index in [0.29, 0.717) is 24.5 Å². The Morgan fingerprint density at radius 1 is 1.38 bits per heavy atom. The zero-order valence-electron chi connectivity index (χ0n) is 15.9. The number of rotatable bonds is 4. The van der Waals surface area contributed by atoms with Crippen molar-refractivity contribution in [2.24, 2.45) is 17.8 Å². The van der Waals surface area contributed by atoms with Crippen molar-refractivity contribution in [1.29, 1.82) is 0 Å². The van der Waals surface area contributed by atoms with Crippen LogP contribution in [0.5, 0.6) is 0 Å². The molecule has 0 aromatic heterocycles. The van der Waals surface area contributed by atoms with Crippen molar-refractivity contribution in [1.82, 2.24) is 0 Å². The third-order valence-corrected chi connectivity index (χ3v) is 6.94. The van der Waals surface area contributed by atoms with Gasteiger partial charge < -0.3 is 14.6 Å². The highest BCUT2D eigenvalue weighted by Crippen LogP contribution is 2.61. The van der Waals surface area contributed by atoms with Gasteiger partial charge in [-0.3, -0.25) is 0 Å². The molecule has 1 N–H and O–H groups in total. The van der Waals surface area contributed by atoms with Gasteiger partial charge in [0.1, 0.15) is 17.3 Å². The van der Waals surface area contributed by atoms with E-state index in [2.05, 4.69) is 20.4 Å². The molecule has 8 atom stereocenters. The summed E-state index contributed by atoms with van der Waals surface area (Å²) in [6.07, 6.45) is 4.22. The van der Waals surface area contributed by atoms with Gasteiger partial charge in [0.2, 0.25) is 0 Å². The van der Waals surface area contributed by atoms with E-state index in [1.807, 2.05) is 19.1 Å². The summed E-state index contributed by atoms with van der Waals surface area (Å²) in [4.78, 5) is 23.6. The van der Waals surface area contributed by atoms with Crippen molar-refractivity contribution in [3.8, 4) is 0 Å². The first kappa shape index (κ1) is 18.2. The molecule has 2 saturated heterocycles. The lowest BCUT2D eigenvalue weighted by molar-refractivity contribution is -0.367. The van der Waals surface area contributed by atoms with E-state index in [1.165, 1.54) is 0 Å². The molecule has 0 amide bonds. The van der Waals surface area contributed by atoms with Gasteiger partial charge in [0.15, 0.2) is 5.60 Å². The van der Waals surface area contributed by atoms with Gasteiger partial charge in [-0.2, -0.15) is 0 Å². The minimum atomic E-state index is -1.34. The smallest absolute Gasteiger partial charge is 0.334 e. The van der Waals surface area contributed by atoms with Gasteiger partial charge in [-0.05, 0) is 32.3 Å². The van der Waals surface area contributed by atoms with E-state index in [0.717, 1.165) is 6.42 Å². The lowest BCUT2D eigenvalue weighted by atomic mass is 9.70. The van der Waals surface area contributed by atoms with Crippen molar-refractivity contribution >= 4 is 5.97 Å². The molecule has 0 aromatic carbocycles. The zero-order valence-corrected chi connectivity index (χ0v) is 15.9. The lowest BCUT2D eigenvalue weighted by Crippen LogP contribution is -2.61. The van der Waals surface area contributed by atoms with Crippen LogP contribution in [0, 0.1) is 17.8 Å². The van der Waals surface area contributed by atoms with Crippen molar-refractivity contribution in [3.63, 3.8) is 0 Å². The Hall–Kier alpha value is -1.21. The van der Waals surface area contributed by atoms with E-state index in [1.54, 1.807) is 6.92 Å². The maximum Gasteiger partial charge on any atom is 0.334 e. The fraction of sp³-hybridized carbons (Fsp3) is 0.750. The van der Waals surface area contributed by atoms with Crippen LogP contribution in [0.25, 0.3) is 0 Å². The number of carbonyl (C=O) groups is 1. The van der Waals surface area contributed by atoms with Gasteiger partial charge in [0.25, 0.3) is 0 Å². The Morgan fingerprint density at radius 3 is 2.73 bits per heavy atom. The first-order valence-corrected chi connectivity index (χ1v) is 9.47. The van der Waals surface area contributed by atoms with E-state index in [-0.39, 0.29) is 17.8 Å².